The molecule has 0 aromatic heterocycles. The van der Waals surface area contributed by atoms with E-state index in [-0.39, 0.29) is 5.78 Å². The number of Topliss-reactive ketones (excluding diaryl/α,β-unsaturated/α-hetero) is 1. The van der Waals surface area contributed by atoms with E-state index in [0.717, 1.165) is 5.56 Å². The van der Waals surface area contributed by atoms with Crippen LogP contribution in [0.2, 0.25) is 0 Å². The van der Waals surface area contributed by atoms with Crippen LogP contribution in [-0.4, -0.2) is 19.2 Å². The van der Waals surface area contributed by atoms with Gasteiger partial charge in [0.15, 0.2) is 5.78 Å². The highest BCUT2D eigenvalue weighted by atomic mass is 16.5. The number of hydrogen-bond donors (Lipinski definition) is 0. The average Bonchev–Trinajstić information content (AvgIpc) is 2.25. The van der Waals surface area contributed by atoms with E-state index in [1.165, 1.54) is 13.0 Å². The van der Waals surface area contributed by atoms with Crippen molar-refractivity contribution in [2.45, 2.75) is 6.92 Å². The van der Waals surface area contributed by atoms with E-state index in [1.807, 2.05) is 0 Å². The molecule has 0 aliphatic rings. The lowest BCUT2D eigenvalue weighted by Crippen LogP contribution is -1.94. The lowest BCUT2D eigenvalue weighted by Gasteiger charge is -2.05. The molecule has 0 heterocycles. The molecular weight excluding hydrogens is 192 g/mol. The number of rotatable bonds is 4. The van der Waals surface area contributed by atoms with Crippen molar-refractivity contribution in [1.29, 1.82) is 0 Å². The van der Waals surface area contributed by atoms with Crippen molar-refractivity contribution in [2.75, 3.05) is 7.11 Å². The molecule has 0 unspecified atom stereocenters. The summed E-state index contributed by atoms with van der Waals surface area (Å²) in [5, 5.41) is 0. The number of allylic oxidation sites excluding steroid dienone is 1. The zero-order valence-electron chi connectivity index (χ0n) is 8.69. The molecule has 0 spiro atoms. The molecule has 15 heavy (non-hydrogen) atoms. The van der Waals surface area contributed by atoms with E-state index in [4.69, 9.17) is 4.74 Å². The predicted molar refractivity (Wildman–Crippen MR) is 58.1 cm³/mol. The lowest BCUT2D eigenvalue weighted by molar-refractivity contribution is -0.104. The summed E-state index contributed by atoms with van der Waals surface area (Å²) in [6, 6.07) is 5.10. The largest absolute Gasteiger partial charge is 0.496 e. The molecular formula is C12H12O3. The van der Waals surface area contributed by atoms with Crippen LogP contribution in [0.25, 0.3) is 6.08 Å². The maximum absolute atomic E-state index is 11.1. The summed E-state index contributed by atoms with van der Waals surface area (Å²) >= 11 is 0. The molecule has 1 aromatic rings. The van der Waals surface area contributed by atoms with Gasteiger partial charge < -0.3 is 4.74 Å². The fourth-order valence-electron chi connectivity index (χ4n) is 1.23. The highest BCUT2D eigenvalue weighted by Crippen LogP contribution is 2.21. The highest BCUT2D eigenvalue weighted by molar-refractivity contribution is 5.95. The Bertz CT molecular complexity index is 405. The Hall–Kier alpha value is -1.90. The van der Waals surface area contributed by atoms with Crippen molar-refractivity contribution in [3.63, 3.8) is 0 Å². The number of hydrogen-bond acceptors (Lipinski definition) is 3. The summed E-state index contributed by atoms with van der Waals surface area (Å²) in [7, 11) is 1.54. The first-order valence-corrected chi connectivity index (χ1v) is 4.50. The number of aldehydes is 1. The van der Waals surface area contributed by atoms with Gasteiger partial charge in [0.05, 0.1) is 7.11 Å². The fourth-order valence-corrected chi connectivity index (χ4v) is 1.23. The van der Waals surface area contributed by atoms with Gasteiger partial charge in [0.1, 0.15) is 12.0 Å². The third-order valence-corrected chi connectivity index (χ3v) is 1.99. The van der Waals surface area contributed by atoms with Gasteiger partial charge in [-0.2, -0.15) is 0 Å². The normalized spacial score (nSPS) is 10.3. The van der Waals surface area contributed by atoms with Gasteiger partial charge in [0, 0.05) is 11.1 Å². The number of carbonyl (C=O) groups excluding carboxylic acids is 2. The van der Waals surface area contributed by atoms with Crippen molar-refractivity contribution in [1.82, 2.24) is 0 Å². The van der Waals surface area contributed by atoms with E-state index in [2.05, 4.69) is 0 Å². The lowest BCUT2D eigenvalue weighted by atomic mass is 10.1. The summed E-state index contributed by atoms with van der Waals surface area (Å²) in [5.74, 6) is 0.622. The van der Waals surface area contributed by atoms with Gasteiger partial charge in [-0.25, -0.2) is 0 Å². The molecule has 3 nitrogen and oxygen atoms in total. The summed E-state index contributed by atoms with van der Waals surface area (Å²) < 4.78 is 5.10. The highest BCUT2D eigenvalue weighted by Gasteiger charge is 2.04. The summed E-state index contributed by atoms with van der Waals surface area (Å²) in [4.78, 5) is 21.3. The van der Waals surface area contributed by atoms with Crippen LogP contribution in [0.3, 0.4) is 0 Å². The minimum absolute atomic E-state index is 0.0154. The van der Waals surface area contributed by atoms with Crippen molar-refractivity contribution in [2.24, 2.45) is 0 Å². The van der Waals surface area contributed by atoms with Crippen LogP contribution < -0.4 is 4.74 Å². The van der Waals surface area contributed by atoms with E-state index in [9.17, 15) is 9.59 Å². The Morgan fingerprint density at radius 3 is 2.67 bits per heavy atom. The van der Waals surface area contributed by atoms with Crippen LogP contribution in [0, 0.1) is 0 Å². The van der Waals surface area contributed by atoms with Crippen LogP contribution in [-0.2, 0) is 4.79 Å². The second-order valence-corrected chi connectivity index (χ2v) is 3.01. The molecule has 0 aliphatic carbocycles. The maximum Gasteiger partial charge on any atom is 0.159 e. The molecule has 0 saturated carbocycles. The molecule has 1 aromatic carbocycles. The molecule has 0 saturated heterocycles. The monoisotopic (exact) mass is 204 g/mol. The van der Waals surface area contributed by atoms with Crippen molar-refractivity contribution < 1.29 is 14.3 Å². The molecule has 0 radical (unpaired) electrons. The number of carbonyl (C=O) groups is 2. The van der Waals surface area contributed by atoms with Gasteiger partial charge >= 0.3 is 0 Å². The Balaban J connectivity index is 3.18. The molecule has 0 bridgehead atoms. The number of ketones is 1. The fraction of sp³-hybridized carbons (Fsp3) is 0.167. The van der Waals surface area contributed by atoms with Gasteiger partial charge in [-0.15, -0.1) is 0 Å². The SMILES string of the molecule is COc1ccc(C(C)=O)cc1C=CC=O. The zero-order chi connectivity index (χ0) is 11.3. The van der Waals surface area contributed by atoms with E-state index < -0.39 is 0 Å². The molecule has 0 N–H and O–H groups in total. The molecule has 0 amide bonds. The van der Waals surface area contributed by atoms with Gasteiger partial charge in [0.2, 0.25) is 0 Å². The Labute approximate surface area is 88.4 Å². The standard InChI is InChI=1S/C12H12O3/c1-9(14)10-5-6-12(15-2)11(8-10)4-3-7-13/h3-8H,1-2H3. The Kier molecular flexibility index (Phi) is 3.80. The second kappa shape index (κ2) is 5.10. The molecule has 78 valence electrons. The quantitative estimate of drug-likeness (QED) is 0.428. The minimum Gasteiger partial charge on any atom is -0.496 e. The van der Waals surface area contributed by atoms with Gasteiger partial charge in [0.25, 0.3) is 0 Å². The van der Waals surface area contributed by atoms with Crippen LogP contribution in [0.15, 0.2) is 24.3 Å². The summed E-state index contributed by atoms with van der Waals surface area (Å²) in [6.07, 6.45) is 3.65. The molecule has 0 fully saturated rings. The minimum atomic E-state index is -0.0154. The Morgan fingerprint density at radius 2 is 2.13 bits per heavy atom. The first-order valence-electron chi connectivity index (χ1n) is 4.50. The number of ether oxygens (including phenoxy) is 1. The molecule has 1 rings (SSSR count). The van der Waals surface area contributed by atoms with Crippen LogP contribution >= 0.6 is 0 Å². The molecule has 0 atom stereocenters. The van der Waals surface area contributed by atoms with Gasteiger partial charge in [-0.3, -0.25) is 9.59 Å². The van der Waals surface area contributed by atoms with Gasteiger partial charge in [-0.1, -0.05) is 0 Å². The first-order chi connectivity index (χ1) is 7.19. The zero-order valence-corrected chi connectivity index (χ0v) is 8.69. The van der Waals surface area contributed by atoms with Gasteiger partial charge in [-0.05, 0) is 37.3 Å². The van der Waals surface area contributed by atoms with Crippen molar-refractivity contribution in [3.8, 4) is 5.75 Å². The third kappa shape index (κ3) is 2.77. The maximum atomic E-state index is 11.1. The van der Waals surface area contributed by atoms with E-state index >= 15 is 0 Å². The number of methoxy groups -OCH3 is 1. The van der Waals surface area contributed by atoms with E-state index in [0.29, 0.717) is 17.6 Å². The second-order valence-electron chi connectivity index (χ2n) is 3.01. The topological polar surface area (TPSA) is 43.4 Å². The van der Waals surface area contributed by atoms with Crippen LogP contribution in [0.4, 0.5) is 0 Å². The average molecular weight is 204 g/mol. The van der Waals surface area contributed by atoms with Crippen molar-refractivity contribution in [3.05, 3.63) is 35.4 Å². The third-order valence-electron chi connectivity index (χ3n) is 1.99. The van der Waals surface area contributed by atoms with Crippen LogP contribution in [0.5, 0.6) is 5.75 Å². The van der Waals surface area contributed by atoms with E-state index in [1.54, 1.807) is 31.4 Å². The number of benzene rings is 1. The Morgan fingerprint density at radius 1 is 1.40 bits per heavy atom. The predicted octanol–water partition coefficient (Wildman–Crippen LogP) is 2.11. The smallest absolute Gasteiger partial charge is 0.159 e. The summed E-state index contributed by atoms with van der Waals surface area (Å²) in [6.45, 7) is 1.50. The molecule has 3 heteroatoms. The molecule has 0 aliphatic heterocycles. The summed E-state index contributed by atoms with van der Waals surface area (Å²) in [5.41, 5.74) is 1.32. The van der Waals surface area contributed by atoms with Crippen molar-refractivity contribution >= 4 is 18.1 Å². The first kappa shape index (κ1) is 11.2. The van der Waals surface area contributed by atoms with Crippen LogP contribution in [0.1, 0.15) is 22.8 Å².